The lowest BCUT2D eigenvalue weighted by Crippen LogP contribution is -2.39. The summed E-state index contributed by atoms with van der Waals surface area (Å²) < 4.78 is 25.7. The smallest absolute Gasteiger partial charge is 0.308 e. The molecule has 0 N–H and O–H groups in total. The number of carbonyl (C=O) groups excluding carboxylic acids is 1. The quantitative estimate of drug-likeness (QED) is 0.134. The molecule has 0 aromatic carbocycles. The van der Waals surface area contributed by atoms with E-state index in [-0.39, 0.29) is 48.1 Å². The fourth-order valence-electron chi connectivity index (χ4n) is 4.13. The topological polar surface area (TPSA) is 54.0 Å². The Morgan fingerprint density at radius 2 is 1.62 bits per heavy atom. The van der Waals surface area contributed by atoms with Crippen LogP contribution in [0.5, 0.6) is 0 Å². The lowest BCUT2D eigenvalue weighted by atomic mass is 9.84. The van der Waals surface area contributed by atoms with Gasteiger partial charge in [0.1, 0.15) is 6.10 Å². The van der Waals surface area contributed by atoms with E-state index in [1.165, 1.54) is 0 Å². The Hall–Kier alpha value is -0.180. The minimum absolute atomic E-state index is 0.0218. The monoisotopic (exact) mass is 568 g/mol. The minimum Gasteiger partial charge on any atom is -0.462 e. The van der Waals surface area contributed by atoms with Crippen molar-refractivity contribution in [2.24, 2.45) is 23.7 Å². The van der Waals surface area contributed by atoms with Crippen LogP contribution in [0.1, 0.15) is 80.6 Å². The van der Waals surface area contributed by atoms with Crippen LogP contribution in [0.15, 0.2) is 10.2 Å². The molecule has 0 fully saturated rings. The molecule has 5 nitrogen and oxygen atoms in total. The van der Waals surface area contributed by atoms with Crippen LogP contribution in [-0.4, -0.2) is 51.2 Å². The molecule has 0 aliphatic carbocycles. The molecule has 32 heavy (non-hydrogen) atoms. The zero-order chi connectivity index (χ0) is 24.7. The summed E-state index contributed by atoms with van der Waals surface area (Å²) in [6.45, 7) is 15.3. The molecule has 0 bridgehead atoms. The van der Waals surface area contributed by atoms with Crippen LogP contribution in [0, 0.1) is 23.7 Å². The second-order valence-corrected chi connectivity index (χ2v) is 10.1. The zero-order valence-electron chi connectivity index (χ0n) is 21.9. The van der Waals surface area contributed by atoms with Crippen LogP contribution in [-0.2, 0) is 23.7 Å². The standard InChI is InChI=1S/C26H49IO5/c1-10-16-31-22(11-2)17-24(29-8)19(5)12-13-23(32-26(28)18(3)4)21(7)25(30-9)20(6)14-15-27/h14-15,18-25H,10-13,16-17H2,1-9H3. The fraction of sp³-hybridized carbons (Fsp3) is 0.885. The Morgan fingerprint density at radius 3 is 2.09 bits per heavy atom. The van der Waals surface area contributed by atoms with Crippen LogP contribution in [0.25, 0.3) is 0 Å². The van der Waals surface area contributed by atoms with Crippen molar-refractivity contribution in [3.63, 3.8) is 0 Å². The number of ether oxygens (including phenoxy) is 4. The van der Waals surface area contributed by atoms with Crippen molar-refractivity contribution < 1.29 is 23.7 Å². The molecule has 190 valence electrons. The predicted octanol–water partition coefficient (Wildman–Crippen LogP) is 6.82. The molecule has 0 aromatic heterocycles. The second kappa shape index (κ2) is 18.2. The van der Waals surface area contributed by atoms with E-state index in [9.17, 15) is 4.79 Å². The van der Waals surface area contributed by atoms with Gasteiger partial charge < -0.3 is 18.9 Å². The van der Waals surface area contributed by atoms with Gasteiger partial charge in [-0.05, 0) is 42.1 Å². The lowest BCUT2D eigenvalue weighted by molar-refractivity contribution is -0.159. The molecule has 0 spiro atoms. The molecular formula is C26H49IO5. The summed E-state index contributed by atoms with van der Waals surface area (Å²) in [7, 11) is 3.52. The van der Waals surface area contributed by atoms with Crippen molar-refractivity contribution in [2.45, 2.75) is 105 Å². The molecule has 7 unspecified atom stereocenters. The molecule has 0 aliphatic heterocycles. The molecule has 0 aliphatic rings. The van der Waals surface area contributed by atoms with Crippen molar-refractivity contribution in [1.29, 1.82) is 0 Å². The number of rotatable bonds is 18. The van der Waals surface area contributed by atoms with E-state index in [2.05, 4.69) is 63.3 Å². The summed E-state index contributed by atoms with van der Waals surface area (Å²) in [4.78, 5) is 12.5. The first kappa shape index (κ1) is 31.8. The van der Waals surface area contributed by atoms with E-state index >= 15 is 0 Å². The largest absolute Gasteiger partial charge is 0.462 e. The van der Waals surface area contributed by atoms with Gasteiger partial charge in [-0.2, -0.15) is 0 Å². The molecule has 0 radical (unpaired) electrons. The molecule has 0 rings (SSSR count). The first-order valence-electron chi connectivity index (χ1n) is 12.3. The van der Waals surface area contributed by atoms with Crippen LogP contribution in [0.4, 0.5) is 0 Å². The highest BCUT2D eigenvalue weighted by molar-refractivity contribution is 14.1. The number of hydrogen-bond acceptors (Lipinski definition) is 5. The van der Waals surface area contributed by atoms with Gasteiger partial charge in [-0.1, -0.05) is 77.1 Å². The predicted molar refractivity (Wildman–Crippen MR) is 141 cm³/mol. The van der Waals surface area contributed by atoms with E-state index in [1.54, 1.807) is 14.2 Å². The maximum atomic E-state index is 12.5. The molecule has 0 amide bonds. The number of halogens is 1. The van der Waals surface area contributed by atoms with Gasteiger partial charge in [-0.25, -0.2) is 0 Å². The van der Waals surface area contributed by atoms with Crippen molar-refractivity contribution in [2.75, 3.05) is 20.8 Å². The van der Waals surface area contributed by atoms with E-state index in [1.807, 2.05) is 17.9 Å². The molecule has 6 heteroatoms. The van der Waals surface area contributed by atoms with Crippen molar-refractivity contribution >= 4 is 28.6 Å². The highest BCUT2D eigenvalue weighted by Gasteiger charge is 2.33. The first-order chi connectivity index (χ1) is 15.2. The summed E-state index contributed by atoms with van der Waals surface area (Å²) in [5.41, 5.74) is 0. The van der Waals surface area contributed by atoms with E-state index in [4.69, 9.17) is 18.9 Å². The van der Waals surface area contributed by atoms with Gasteiger partial charge in [-0.15, -0.1) is 0 Å². The van der Waals surface area contributed by atoms with Crippen LogP contribution < -0.4 is 0 Å². The van der Waals surface area contributed by atoms with E-state index in [0.29, 0.717) is 5.92 Å². The lowest BCUT2D eigenvalue weighted by Gasteiger charge is -2.34. The van der Waals surface area contributed by atoms with Crippen LogP contribution in [0.2, 0.25) is 0 Å². The van der Waals surface area contributed by atoms with Gasteiger partial charge in [0.2, 0.25) is 0 Å². The van der Waals surface area contributed by atoms with Gasteiger partial charge in [0.25, 0.3) is 0 Å². The molecule has 7 atom stereocenters. The Bertz CT molecular complexity index is 510. The van der Waals surface area contributed by atoms with Gasteiger partial charge >= 0.3 is 5.97 Å². The first-order valence-corrected chi connectivity index (χ1v) is 13.6. The molecule has 0 saturated heterocycles. The van der Waals surface area contributed by atoms with E-state index in [0.717, 1.165) is 38.7 Å². The highest BCUT2D eigenvalue weighted by Crippen LogP contribution is 2.29. The highest BCUT2D eigenvalue weighted by atomic mass is 127. The number of methoxy groups -OCH3 is 2. The third-order valence-corrected chi connectivity index (χ3v) is 6.78. The molecule has 0 heterocycles. The number of carbonyl (C=O) groups is 1. The van der Waals surface area contributed by atoms with Gasteiger partial charge in [0.05, 0.1) is 24.2 Å². The van der Waals surface area contributed by atoms with Crippen LogP contribution >= 0.6 is 22.6 Å². The summed E-state index contributed by atoms with van der Waals surface area (Å²) in [5.74, 6) is 0.345. The second-order valence-electron chi connectivity index (χ2n) is 9.33. The van der Waals surface area contributed by atoms with Crippen molar-refractivity contribution in [3.8, 4) is 0 Å². The van der Waals surface area contributed by atoms with Crippen molar-refractivity contribution in [3.05, 3.63) is 10.2 Å². The Labute approximate surface area is 211 Å². The van der Waals surface area contributed by atoms with E-state index < -0.39 is 0 Å². The van der Waals surface area contributed by atoms with Crippen molar-refractivity contribution in [1.82, 2.24) is 0 Å². The molecule has 0 saturated carbocycles. The van der Waals surface area contributed by atoms with Gasteiger partial charge in [0.15, 0.2) is 0 Å². The Balaban J connectivity index is 5.30. The summed E-state index contributed by atoms with van der Waals surface area (Å²) in [6.07, 6.45) is 6.85. The minimum atomic E-state index is -0.196. The van der Waals surface area contributed by atoms with Gasteiger partial charge in [-0.3, -0.25) is 4.79 Å². The summed E-state index contributed by atoms with van der Waals surface area (Å²) >= 11 is 2.23. The Morgan fingerprint density at radius 1 is 0.969 bits per heavy atom. The van der Waals surface area contributed by atoms with Gasteiger partial charge in [0, 0.05) is 32.7 Å². The third-order valence-electron chi connectivity index (χ3n) is 6.36. The molecule has 0 aromatic rings. The maximum Gasteiger partial charge on any atom is 0.308 e. The SMILES string of the molecule is CCCOC(CC)CC(OC)C(C)CCC(OC(=O)C(C)C)C(C)C(OC)C(C)C=CI. The number of esters is 1. The average molecular weight is 569 g/mol. The summed E-state index contributed by atoms with van der Waals surface area (Å²) in [5, 5.41) is 0. The summed E-state index contributed by atoms with van der Waals surface area (Å²) in [6, 6.07) is 0. The molecular weight excluding hydrogens is 519 g/mol. The zero-order valence-corrected chi connectivity index (χ0v) is 24.1. The fourth-order valence-corrected chi connectivity index (χ4v) is 4.78. The maximum absolute atomic E-state index is 12.5. The third kappa shape index (κ3) is 11.8. The van der Waals surface area contributed by atoms with Crippen LogP contribution in [0.3, 0.4) is 0 Å². The number of hydrogen-bond donors (Lipinski definition) is 0. The normalized spacial score (nSPS) is 18.8. The Kier molecular flexibility index (Phi) is 18.1. The average Bonchev–Trinajstić information content (AvgIpc) is 2.76.